The Bertz CT molecular complexity index is 2840. The predicted molar refractivity (Wildman–Crippen MR) is 238 cm³/mol. The summed E-state index contributed by atoms with van der Waals surface area (Å²) in [5.74, 6) is 0. The SMILES string of the molecule is CC1(C)CC(C)(C)c2cc3c(cc21)sc1c(-c2cccc(N(c4cc(-c5ccccc5)cc(-c5ccccc5)c4)c4ccc5ccccc5c4)c2)cccc13. The van der Waals surface area contributed by atoms with E-state index < -0.39 is 0 Å². The van der Waals surface area contributed by atoms with Crippen molar-refractivity contribution < 1.29 is 0 Å². The molecule has 1 aromatic heterocycles. The Morgan fingerprint density at radius 1 is 0.418 bits per heavy atom. The van der Waals surface area contributed by atoms with Crippen molar-refractivity contribution in [1.82, 2.24) is 0 Å². The average Bonchev–Trinajstić information content (AvgIpc) is 3.67. The summed E-state index contributed by atoms with van der Waals surface area (Å²) in [4.78, 5) is 2.44. The average molecular weight is 726 g/mol. The molecular weight excluding hydrogens is 683 g/mol. The lowest BCUT2D eigenvalue weighted by Crippen LogP contribution is -2.17. The van der Waals surface area contributed by atoms with Gasteiger partial charge in [0.25, 0.3) is 0 Å². The van der Waals surface area contributed by atoms with Gasteiger partial charge in [-0.1, -0.05) is 149 Å². The van der Waals surface area contributed by atoms with Crippen LogP contribution in [0.5, 0.6) is 0 Å². The molecule has 2 heteroatoms. The molecule has 0 fully saturated rings. The van der Waals surface area contributed by atoms with Gasteiger partial charge in [-0.25, -0.2) is 0 Å². The van der Waals surface area contributed by atoms with Crippen LogP contribution < -0.4 is 4.90 Å². The van der Waals surface area contributed by atoms with Crippen molar-refractivity contribution in [2.45, 2.75) is 44.9 Å². The lowest BCUT2D eigenvalue weighted by molar-refractivity contribution is 0.403. The van der Waals surface area contributed by atoms with Crippen molar-refractivity contribution in [2.24, 2.45) is 0 Å². The number of nitrogens with zero attached hydrogens (tertiary/aromatic N) is 1. The lowest BCUT2D eigenvalue weighted by Gasteiger charge is -2.28. The van der Waals surface area contributed by atoms with E-state index in [1.807, 2.05) is 11.3 Å². The summed E-state index contributed by atoms with van der Waals surface area (Å²) in [7, 11) is 0. The second kappa shape index (κ2) is 12.8. The molecule has 0 atom stereocenters. The van der Waals surface area contributed by atoms with E-state index >= 15 is 0 Å². The van der Waals surface area contributed by atoms with Crippen molar-refractivity contribution in [2.75, 3.05) is 4.90 Å². The molecule has 0 amide bonds. The maximum absolute atomic E-state index is 2.52. The number of rotatable bonds is 6. The van der Waals surface area contributed by atoms with Crippen LogP contribution in [0.2, 0.25) is 0 Å². The Hall–Kier alpha value is -5.96. The second-order valence-corrected chi connectivity index (χ2v) is 17.6. The van der Waals surface area contributed by atoms with Gasteiger partial charge in [0.1, 0.15) is 0 Å². The number of anilines is 3. The predicted octanol–water partition coefficient (Wildman–Crippen LogP) is 15.6. The highest BCUT2D eigenvalue weighted by Crippen LogP contribution is 2.53. The summed E-state index contributed by atoms with van der Waals surface area (Å²) in [6.07, 6.45) is 1.18. The van der Waals surface area contributed by atoms with E-state index in [4.69, 9.17) is 0 Å². The molecule has 1 heterocycles. The fourth-order valence-corrected chi connectivity index (χ4v) is 10.7. The summed E-state index contributed by atoms with van der Waals surface area (Å²) in [6.45, 7) is 9.65. The smallest absolute Gasteiger partial charge is 0.0473 e. The van der Waals surface area contributed by atoms with Gasteiger partial charge in [-0.05, 0) is 127 Å². The Morgan fingerprint density at radius 3 is 1.71 bits per heavy atom. The van der Waals surface area contributed by atoms with Crippen molar-refractivity contribution >= 4 is 59.3 Å². The molecule has 1 aliphatic carbocycles. The molecule has 8 aromatic carbocycles. The van der Waals surface area contributed by atoms with E-state index in [1.165, 1.54) is 81.9 Å². The number of hydrogen-bond acceptors (Lipinski definition) is 2. The van der Waals surface area contributed by atoms with Crippen LogP contribution in [0.25, 0.3) is 64.3 Å². The topological polar surface area (TPSA) is 3.24 Å². The van der Waals surface area contributed by atoms with E-state index in [0.29, 0.717) is 0 Å². The maximum Gasteiger partial charge on any atom is 0.0473 e. The molecular formula is C53H43NS. The number of hydrogen-bond donors (Lipinski definition) is 0. The van der Waals surface area contributed by atoms with Gasteiger partial charge in [0.05, 0.1) is 0 Å². The molecule has 0 N–H and O–H groups in total. The van der Waals surface area contributed by atoms with Gasteiger partial charge in [0, 0.05) is 37.2 Å². The molecule has 0 aliphatic heterocycles. The minimum absolute atomic E-state index is 0.164. The standard InChI is InChI=1S/C53H43NS/c1-52(2)34-53(3,4)49-33-50-47(32-48(49)52)46-24-14-23-45(51(46)55-50)39-21-13-22-42(29-39)54(43-26-25-37-19-11-12-20-38(37)28-43)44-30-40(35-15-7-5-8-16-35)27-41(31-44)36-17-9-6-10-18-36/h5-33H,34H2,1-4H3. The Labute approximate surface area is 328 Å². The van der Waals surface area contributed by atoms with E-state index in [9.17, 15) is 0 Å². The first kappa shape index (κ1) is 33.6. The molecule has 0 saturated heterocycles. The number of benzene rings is 8. The van der Waals surface area contributed by atoms with Crippen LogP contribution in [0, 0.1) is 0 Å². The van der Waals surface area contributed by atoms with Crippen molar-refractivity contribution in [3.05, 3.63) is 187 Å². The zero-order valence-electron chi connectivity index (χ0n) is 31.8. The van der Waals surface area contributed by atoms with Crippen molar-refractivity contribution in [3.8, 4) is 33.4 Å². The highest BCUT2D eigenvalue weighted by Gasteiger charge is 2.42. The van der Waals surface area contributed by atoms with E-state index in [2.05, 4.69) is 209 Å². The van der Waals surface area contributed by atoms with Gasteiger partial charge in [-0.2, -0.15) is 0 Å². The van der Waals surface area contributed by atoms with Gasteiger partial charge in [0.15, 0.2) is 0 Å². The third-order valence-electron chi connectivity index (χ3n) is 11.8. The number of fused-ring (bicyclic) bond motifs is 5. The Kier molecular flexibility index (Phi) is 7.83. The highest BCUT2D eigenvalue weighted by molar-refractivity contribution is 7.26. The molecule has 0 bridgehead atoms. The third kappa shape index (κ3) is 5.84. The van der Waals surface area contributed by atoms with Gasteiger partial charge < -0.3 is 4.90 Å². The molecule has 10 rings (SSSR count). The second-order valence-electron chi connectivity index (χ2n) is 16.5. The van der Waals surface area contributed by atoms with Crippen molar-refractivity contribution in [3.63, 3.8) is 0 Å². The van der Waals surface area contributed by atoms with E-state index in [1.54, 1.807) is 0 Å². The maximum atomic E-state index is 2.52. The number of thiophene rings is 1. The zero-order chi connectivity index (χ0) is 37.3. The highest BCUT2D eigenvalue weighted by atomic mass is 32.1. The molecule has 9 aromatic rings. The van der Waals surface area contributed by atoms with Crippen LogP contribution in [0.15, 0.2) is 176 Å². The molecule has 266 valence electrons. The largest absolute Gasteiger partial charge is 0.310 e. The first-order valence-corrected chi connectivity index (χ1v) is 20.2. The Balaban J connectivity index is 1.17. The van der Waals surface area contributed by atoms with Crippen LogP contribution in [0.3, 0.4) is 0 Å². The van der Waals surface area contributed by atoms with Crippen molar-refractivity contribution in [1.29, 1.82) is 0 Å². The summed E-state index contributed by atoms with van der Waals surface area (Å²) < 4.78 is 2.73. The molecule has 1 nitrogen and oxygen atoms in total. The lowest BCUT2D eigenvalue weighted by atomic mass is 9.82. The molecule has 1 aliphatic rings. The Morgan fingerprint density at radius 2 is 1.00 bits per heavy atom. The van der Waals surface area contributed by atoms with Crippen LogP contribution in [0.4, 0.5) is 17.1 Å². The zero-order valence-corrected chi connectivity index (χ0v) is 32.6. The van der Waals surface area contributed by atoms with Crippen LogP contribution >= 0.6 is 11.3 Å². The van der Waals surface area contributed by atoms with Gasteiger partial charge in [0.2, 0.25) is 0 Å². The van der Waals surface area contributed by atoms with Gasteiger partial charge in [-0.3, -0.25) is 0 Å². The van der Waals surface area contributed by atoms with Gasteiger partial charge >= 0.3 is 0 Å². The van der Waals surface area contributed by atoms with E-state index in [-0.39, 0.29) is 10.8 Å². The monoisotopic (exact) mass is 725 g/mol. The van der Waals surface area contributed by atoms with Crippen LogP contribution in [-0.4, -0.2) is 0 Å². The first-order valence-electron chi connectivity index (χ1n) is 19.4. The van der Waals surface area contributed by atoms with E-state index in [0.717, 1.165) is 17.1 Å². The molecule has 0 spiro atoms. The quantitative estimate of drug-likeness (QED) is 0.165. The molecule has 55 heavy (non-hydrogen) atoms. The fraction of sp³-hybridized carbons (Fsp3) is 0.132. The minimum Gasteiger partial charge on any atom is -0.310 e. The van der Waals surface area contributed by atoms with Gasteiger partial charge in [-0.15, -0.1) is 11.3 Å². The fourth-order valence-electron chi connectivity index (χ4n) is 9.40. The summed E-state index contributed by atoms with van der Waals surface area (Å²) in [6, 6.07) is 65.0. The molecule has 0 saturated carbocycles. The summed E-state index contributed by atoms with van der Waals surface area (Å²) in [5.41, 5.74) is 14.0. The van der Waals surface area contributed by atoms with Crippen LogP contribution in [0.1, 0.15) is 45.2 Å². The molecule has 0 radical (unpaired) electrons. The molecule has 0 unspecified atom stereocenters. The normalized spacial score (nSPS) is 14.4. The minimum atomic E-state index is 0.164. The third-order valence-corrected chi connectivity index (χ3v) is 13.0. The summed E-state index contributed by atoms with van der Waals surface area (Å²) >= 11 is 1.94. The summed E-state index contributed by atoms with van der Waals surface area (Å²) in [5, 5.41) is 5.18. The van der Waals surface area contributed by atoms with Crippen LogP contribution in [-0.2, 0) is 10.8 Å². The first-order chi connectivity index (χ1) is 26.7.